The summed E-state index contributed by atoms with van der Waals surface area (Å²) in [6.07, 6.45) is 0. The van der Waals surface area contributed by atoms with Gasteiger partial charge >= 0.3 is 0 Å². The highest BCUT2D eigenvalue weighted by Crippen LogP contribution is 2.33. The zero-order valence-corrected chi connectivity index (χ0v) is 9.42. The number of halogens is 2. The Hall–Kier alpha value is -1.54. The number of phenols is 1. The fourth-order valence-electron chi connectivity index (χ4n) is 1.52. The molecule has 2 aromatic carbocycles. The molecule has 3 heteroatoms. The molecule has 2 rings (SSSR count). The normalized spacial score (nSPS) is 10.4. The first-order chi connectivity index (χ1) is 7.58. The molecule has 0 aliphatic heterocycles. The summed E-state index contributed by atoms with van der Waals surface area (Å²) >= 11 is 6.02. The zero-order chi connectivity index (χ0) is 11.7. The first-order valence-corrected chi connectivity index (χ1v) is 5.21. The topological polar surface area (TPSA) is 20.2 Å². The van der Waals surface area contributed by atoms with Crippen LogP contribution in [0.3, 0.4) is 0 Å². The van der Waals surface area contributed by atoms with Gasteiger partial charge in [-0.2, -0.15) is 0 Å². The molecule has 0 heterocycles. The molecule has 0 saturated carbocycles. The lowest BCUT2D eigenvalue weighted by Crippen LogP contribution is -1.83. The Kier molecular flexibility index (Phi) is 2.84. The molecule has 0 atom stereocenters. The number of rotatable bonds is 1. The molecule has 0 fully saturated rings. The second-order valence-corrected chi connectivity index (χ2v) is 4.03. The van der Waals surface area contributed by atoms with Gasteiger partial charge in [0.05, 0.1) is 5.02 Å². The lowest BCUT2D eigenvalue weighted by atomic mass is 10.0. The molecule has 0 aromatic heterocycles. The number of phenolic OH excluding ortho intramolecular Hbond substituents is 1. The maximum Gasteiger partial charge on any atom is 0.123 e. The van der Waals surface area contributed by atoms with E-state index in [1.807, 2.05) is 0 Å². The van der Waals surface area contributed by atoms with Gasteiger partial charge in [0.2, 0.25) is 0 Å². The van der Waals surface area contributed by atoms with E-state index in [9.17, 15) is 9.50 Å². The van der Waals surface area contributed by atoms with Crippen molar-refractivity contribution < 1.29 is 9.50 Å². The Morgan fingerprint density at radius 2 is 1.75 bits per heavy atom. The molecule has 2 aromatic rings. The number of hydrogen-bond donors (Lipinski definition) is 1. The third-order valence-corrected chi connectivity index (χ3v) is 2.75. The van der Waals surface area contributed by atoms with Crippen LogP contribution < -0.4 is 0 Å². The summed E-state index contributed by atoms with van der Waals surface area (Å²) < 4.78 is 12.8. The van der Waals surface area contributed by atoms with E-state index in [0.29, 0.717) is 5.02 Å². The van der Waals surface area contributed by atoms with Crippen LogP contribution in [0.25, 0.3) is 11.1 Å². The third kappa shape index (κ3) is 2.02. The molecule has 0 spiro atoms. The average Bonchev–Trinajstić information content (AvgIpc) is 2.25. The summed E-state index contributed by atoms with van der Waals surface area (Å²) in [6, 6.07) is 9.36. The summed E-state index contributed by atoms with van der Waals surface area (Å²) in [6.45, 7) is 1.79. The van der Waals surface area contributed by atoms with Crippen molar-refractivity contribution in [2.24, 2.45) is 0 Å². The SMILES string of the molecule is Cc1cc(-c2ccc(F)cc2)c(Cl)cc1O. The van der Waals surface area contributed by atoms with Gasteiger partial charge in [-0.25, -0.2) is 4.39 Å². The average molecular weight is 237 g/mol. The predicted molar refractivity (Wildman–Crippen MR) is 63.2 cm³/mol. The summed E-state index contributed by atoms with van der Waals surface area (Å²) in [7, 11) is 0. The van der Waals surface area contributed by atoms with Crippen LogP contribution in [0.4, 0.5) is 4.39 Å². The minimum Gasteiger partial charge on any atom is -0.508 e. The van der Waals surface area contributed by atoms with Gasteiger partial charge in [-0.3, -0.25) is 0 Å². The number of hydrogen-bond acceptors (Lipinski definition) is 1. The summed E-state index contributed by atoms with van der Waals surface area (Å²) in [5, 5.41) is 9.92. The van der Waals surface area contributed by atoms with Crippen molar-refractivity contribution in [2.45, 2.75) is 6.92 Å². The third-order valence-electron chi connectivity index (χ3n) is 2.44. The molecule has 1 nitrogen and oxygen atoms in total. The minimum atomic E-state index is -0.282. The first-order valence-electron chi connectivity index (χ1n) is 4.83. The molecule has 0 radical (unpaired) electrons. The molecule has 0 aliphatic carbocycles. The number of aromatic hydroxyl groups is 1. The van der Waals surface area contributed by atoms with E-state index in [2.05, 4.69) is 0 Å². The highest BCUT2D eigenvalue weighted by molar-refractivity contribution is 6.33. The van der Waals surface area contributed by atoms with E-state index in [4.69, 9.17) is 11.6 Å². The Balaban J connectivity index is 2.56. The smallest absolute Gasteiger partial charge is 0.123 e. The number of aryl methyl sites for hydroxylation is 1. The van der Waals surface area contributed by atoms with E-state index < -0.39 is 0 Å². The minimum absolute atomic E-state index is 0.163. The summed E-state index contributed by atoms with van der Waals surface area (Å²) in [5.41, 5.74) is 2.36. The Morgan fingerprint density at radius 3 is 2.38 bits per heavy atom. The molecule has 0 saturated heterocycles. The maximum absolute atomic E-state index is 12.8. The summed E-state index contributed by atoms with van der Waals surface area (Å²) in [4.78, 5) is 0. The fraction of sp³-hybridized carbons (Fsp3) is 0.0769. The van der Waals surface area contributed by atoms with E-state index in [0.717, 1.165) is 16.7 Å². The van der Waals surface area contributed by atoms with Gasteiger partial charge in [0, 0.05) is 5.56 Å². The van der Waals surface area contributed by atoms with Crippen LogP contribution in [0, 0.1) is 12.7 Å². The van der Waals surface area contributed by atoms with Gasteiger partial charge in [-0.15, -0.1) is 0 Å². The van der Waals surface area contributed by atoms with E-state index >= 15 is 0 Å². The van der Waals surface area contributed by atoms with Crippen LogP contribution >= 0.6 is 11.6 Å². The molecule has 0 amide bonds. The highest BCUT2D eigenvalue weighted by atomic mass is 35.5. The number of benzene rings is 2. The van der Waals surface area contributed by atoms with Crippen LogP contribution in [0.15, 0.2) is 36.4 Å². The predicted octanol–water partition coefficient (Wildman–Crippen LogP) is 4.16. The van der Waals surface area contributed by atoms with Gasteiger partial charge in [-0.1, -0.05) is 23.7 Å². The van der Waals surface area contributed by atoms with Crippen LogP contribution in [0.2, 0.25) is 5.02 Å². The molecular weight excluding hydrogens is 227 g/mol. The van der Waals surface area contributed by atoms with Crippen LogP contribution in [0.1, 0.15) is 5.56 Å². The molecule has 0 bridgehead atoms. The standard InChI is InChI=1S/C13H10ClFO/c1-8-6-11(12(14)7-13(8)16)9-2-4-10(15)5-3-9/h2-7,16H,1H3. The zero-order valence-electron chi connectivity index (χ0n) is 8.67. The van der Waals surface area contributed by atoms with Crippen molar-refractivity contribution in [1.82, 2.24) is 0 Å². The quantitative estimate of drug-likeness (QED) is 0.788. The highest BCUT2D eigenvalue weighted by Gasteiger charge is 2.07. The van der Waals surface area contributed by atoms with Crippen molar-refractivity contribution in [3.8, 4) is 16.9 Å². The Labute approximate surface area is 98.1 Å². The van der Waals surface area contributed by atoms with E-state index in [-0.39, 0.29) is 11.6 Å². The largest absolute Gasteiger partial charge is 0.508 e. The Morgan fingerprint density at radius 1 is 1.12 bits per heavy atom. The summed E-state index contributed by atoms with van der Waals surface area (Å²) in [5.74, 6) is -0.119. The fourth-order valence-corrected chi connectivity index (χ4v) is 1.79. The maximum atomic E-state index is 12.8. The molecule has 0 aliphatic rings. The van der Waals surface area contributed by atoms with Gasteiger partial charge in [0.25, 0.3) is 0 Å². The van der Waals surface area contributed by atoms with Crippen molar-refractivity contribution >= 4 is 11.6 Å². The molecule has 82 valence electrons. The van der Waals surface area contributed by atoms with E-state index in [1.165, 1.54) is 18.2 Å². The van der Waals surface area contributed by atoms with Crippen molar-refractivity contribution in [3.05, 3.63) is 52.8 Å². The van der Waals surface area contributed by atoms with Crippen LogP contribution in [-0.2, 0) is 0 Å². The van der Waals surface area contributed by atoms with Gasteiger partial charge in [0.1, 0.15) is 11.6 Å². The molecule has 16 heavy (non-hydrogen) atoms. The van der Waals surface area contributed by atoms with Crippen molar-refractivity contribution in [2.75, 3.05) is 0 Å². The first kappa shape index (κ1) is 11.0. The lowest BCUT2D eigenvalue weighted by molar-refractivity contribution is 0.471. The molecular formula is C13H10ClFO. The Bertz CT molecular complexity index is 520. The van der Waals surface area contributed by atoms with Crippen molar-refractivity contribution in [1.29, 1.82) is 0 Å². The van der Waals surface area contributed by atoms with Crippen LogP contribution in [0.5, 0.6) is 5.75 Å². The van der Waals surface area contributed by atoms with E-state index in [1.54, 1.807) is 25.1 Å². The second-order valence-electron chi connectivity index (χ2n) is 3.63. The molecule has 1 N–H and O–H groups in total. The monoisotopic (exact) mass is 236 g/mol. The van der Waals surface area contributed by atoms with Gasteiger partial charge in [0.15, 0.2) is 0 Å². The van der Waals surface area contributed by atoms with Gasteiger partial charge in [-0.05, 0) is 42.3 Å². The molecule has 0 unspecified atom stereocenters. The van der Waals surface area contributed by atoms with Crippen LogP contribution in [-0.4, -0.2) is 5.11 Å². The second kappa shape index (κ2) is 4.14. The van der Waals surface area contributed by atoms with Gasteiger partial charge < -0.3 is 5.11 Å². The van der Waals surface area contributed by atoms with Crippen molar-refractivity contribution in [3.63, 3.8) is 0 Å². The lowest BCUT2D eigenvalue weighted by Gasteiger charge is -2.07.